The number of anilines is 1. The van der Waals surface area contributed by atoms with E-state index in [9.17, 15) is 28.3 Å². The Hall–Kier alpha value is -3.01. The van der Waals surface area contributed by atoms with Gasteiger partial charge in [0.1, 0.15) is 11.6 Å². The van der Waals surface area contributed by atoms with Crippen LogP contribution in [0, 0.1) is 23.7 Å². The van der Waals surface area contributed by atoms with Gasteiger partial charge in [0.05, 0.1) is 6.04 Å². The van der Waals surface area contributed by atoms with Gasteiger partial charge in [-0.05, 0) is 74.1 Å². The van der Waals surface area contributed by atoms with Crippen LogP contribution in [0.15, 0.2) is 28.7 Å². The number of alkyl halides is 2. The quantitative estimate of drug-likeness (QED) is 0.435. The summed E-state index contributed by atoms with van der Waals surface area (Å²) in [4.78, 5) is 40.6. The number of carbonyl (C=O) groups is 3. The maximum absolute atomic E-state index is 13.8. The number of likely N-dealkylation sites (tertiary alicyclic amines) is 1. The van der Waals surface area contributed by atoms with E-state index in [4.69, 9.17) is 10.2 Å². The van der Waals surface area contributed by atoms with Crippen molar-refractivity contribution in [1.29, 1.82) is 0 Å². The zero-order valence-electron chi connectivity index (χ0n) is 22.0. The minimum atomic E-state index is -2.57. The molecule has 0 bridgehead atoms. The van der Waals surface area contributed by atoms with Crippen molar-refractivity contribution in [2.24, 2.45) is 29.4 Å². The number of furan rings is 1. The van der Waals surface area contributed by atoms with Crippen LogP contribution in [0.4, 0.5) is 14.5 Å². The van der Waals surface area contributed by atoms with E-state index < -0.39 is 24.5 Å². The van der Waals surface area contributed by atoms with Gasteiger partial charge < -0.3 is 25.5 Å². The van der Waals surface area contributed by atoms with Gasteiger partial charge >= 0.3 is 5.97 Å². The van der Waals surface area contributed by atoms with E-state index in [0.29, 0.717) is 54.8 Å². The van der Waals surface area contributed by atoms with E-state index in [0.717, 1.165) is 32.1 Å². The van der Waals surface area contributed by atoms with Crippen LogP contribution in [0.3, 0.4) is 0 Å². The van der Waals surface area contributed by atoms with Crippen molar-refractivity contribution < 1.29 is 32.7 Å². The van der Waals surface area contributed by atoms with Crippen LogP contribution in [-0.2, 0) is 9.59 Å². The molecule has 3 fully saturated rings. The summed E-state index contributed by atoms with van der Waals surface area (Å²) in [6.07, 6.45) is 5.72. The molecule has 1 saturated heterocycles. The second-order valence-corrected chi connectivity index (χ2v) is 11.5. The predicted molar refractivity (Wildman–Crippen MR) is 141 cm³/mol. The van der Waals surface area contributed by atoms with Gasteiger partial charge in [-0.25, -0.2) is 13.6 Å². The van der Waals surface area contributed by atoms with Crippen molar-refractivity contribution in [3.63, 3.8) is 0 Å². The standard InChI is InChI=1S/C29H37F2N3O5/c30-26(31)24(32)17-6-8-18(9-7-17)28(36)34-13-12-21(16-4-2-1-3-5-16)25(34)27(35)33-20-10-11-22-19(14-20)15-23(39-22)29(37)38/h10-11,14-18,21,24-26H,1-9,12-13,32H2,(H,33,35)(H,37,38)/t17-,18-,21-,24-,25-/m0/s1. The SMILES string of the molecule is N[C@H](C(F)F)[C@H]1CC[C@H](C(=O)N2CC[C@@H](C3CCCCC3)[C@H]2C(=O)Nc2ccc3oc(C(=O)O)cc3c2)CC1. The van der Waals surface area contributed by atoms with Gasteiger partial charge in [0, 0.05) is 23.5 Å². The lowest BCUT2D eigenvalue weighted by atomic mass is 9.76. The molecule has 0 spiro atoms. The molecule has 2 aromatic rings. The van der Waals surface area contributed by atoms with Gasteiger partial charge in [-0.1, -0.05) is 32.1 Å². The smallest absolute Gasteiger partial charge is 0.371 e. The molecule has 1 aromatic carbocycles. The maximum Gasteiger partial charge on any atom is 0.371 e. The fourth-order valence-electron chi connectivity index (χ4n) is 7.09. The third-order valence-corrected chi connectivity index (χ3v) is 9.20. The van der Waals surface area contributed by atoms with Crippen LogP contribution in [0.5, 0.6) is 0 Å². The molecule has 0 radical (unpaired) electrons. The van der Waals surface area contributed by atoms with E-state index in [2.05, 4.69) is 5.32 Å². The van der Waals surface area contributed by atoms with E-state index >= 15 is 0 Å². The summed E-state index contributed by atoms with van der Waals surface area (Å²) < 4.78 is 31.5. The monoisotopic (exact) mass is 545 g/mol. The van der Waals surface area contributed by atoms with E-state index in [1.807, 2.05) is 0 Å². The highest BCUT2D eigenvalue weighted by Crippen LogP contribution is 2.41. The number of nitrogens with zero attached hydrogens (tertiary/aromatic N) is 1. The molecule has 1 aliphatic heterocycles. The highest BCUT2D eigenvalue weighted by atomic mass is 19.3. The Bertz CT molecular complexity index is 1200. The summed E-state index contributed by atoms with van der Waals surface area (Å²) in [7, 11) is 0. The summed E-state index contributed by atoms with van der Waals surface area (Å²) in [5.41, 5.74) is 6.60. The second-order valence-electron chi connectivity index (χ2n) is 11.5. The molecule has 2 heterocycles. The molecule has 1 aromatic heterocycles. The molecule has 2 amide bonds. The number of amides is 2. The van der Waals surface area contributed by atoms with Crippen LogP contribution in [-0.4, -0.2) is 52.8 Å². The van der Waals surface area contributed by atoms with Crippen molar-refractivity contribution in [2.45, 2.75) is 82.7 Å². The highest BCUT2D eigenvalue weighted by molar-refractivity contribution is 6.00. The number of aromatic carboxylic acids is 1. The number of nitrogens with two attached hydrogens (primary N) is 1. The van der Waals surface area contributed by atoms with Gasteiger partial charge in [-0.2, -0.15) is 0 Å². The Morgan fingerprint density at radius 2 is 1.72 bits per heavy atom. The van der Waals surface area contributed by atoms with Crippen molar-refractivity contribution in [1.82, 2.24) is 4.90 Å². The number of hydrogen-bond donors (Lipinski definition) is 3. The third kappa shape index (κ3) is 5.81. The van der Waals surface area contributed by atoms with Gasteiger partial charge in [0.25, 0.3) is 6.43 Å². The van der Waals surface area contributed by atoms with Crippen molar-refractivity contribution in [3.05, 3.63) is 30.0 Å². The van der Waals surface area contributed by atoms with Crippen LogP contribution >= 0.6 is 0 Å². The van der Waals surface area contributed by atoms with Gasteiger partial charge in [0.2, 0.25) is 17.6 Å². The summed E-state index contributed by atoms with van der Waals surface area (Å²) in [6.45, 7) is 0.511. The number of nitrogens with one attached hydrogen (secondary N) is 1. The maximum atomic E-state index is 13.8. The first kappa shape index (κ1) is 27.6. The lowest BCUT2D eigenvalue weighted by Gasteiger charge is -2.37. The molecule has 2 saturated carbocycles. The van der Waals surface area contributed by atoms with Crippen LogP contribution in [0.25, 0.3) is 11.0 Å². The lowest BCUT2D eigenvalue weighted by molar-refractivity contribution is -0.142. The Morgan fingerprint density at radius 1 is 1.00 bits per heavy atom. The molecule has 8 nitrogen and oxygen atoms in total. The first-order valence-electron chi connectivity index (χ1n) is 14.1. The number of fused-ring (bicyclic) bond motifs is 1. The van der Waals surface area contributed by atoms with Gasteiger partial charge in [-0.3, -0.25) is 9.59 Å². The normalized spacial score (nSPS) is 27.1. The zero-order valence-corrected chi connectivity index (χ0v) is 22.0. The summed E-state index contributed by atoms with van der Waals surface area (Å²) in [5.74, 6) is -1.79. The molecular weight excluding hydrogens is 508 g/mol. The fraction of sp³-hybridized carbons (Fsp3) is 0.621. The first-order chi connectivity index (χ1) is 18.7. The second kappa shape index (κ2) is 11.6. The number of hydrogen-bond acceptors (Lipinski definition) is 5. The fourth-order valence-corrected chi connectivity index (χ4v) is 7.09. The number of carbonyl (C=O) groups excluding carboxylic acids is 2. The topological polar surface area (TPSA) is 126 Å². The van der Waals surface area contributed by atoms with E-state index in [1.165, 1.54) is 12.5 Å². The number of benzene rings is 1. The zero-order chi connectivity index (χ0) is 27.7. The molecule has 3 atom stereocenters. The van der Waals surface area contributed by atoms with Gasteiger partial charge in [0.15, 0.2) is 0 Å². The van der Waals surface area contributed by atoms with Crippen molar-refractivity contribution >= 4 is 34.4 Å². The third-order valence-electron chi connectivity index (χ3n) is 9.20. The Kier molecular flexibility index (Phi) is 8.21. The summed E-state index contributed by atoms with van der Waals surface area (Å²) in [5, 5.41) is 12.8. The minimum Gasteiger partial charge on any atom is -0.475 e. The number of carboxylic acids is 1. The molecule has 5 rings (SSSR count). The Morgan fingerprint density at radius 3 is 2.38 bits per heavy atom. The molecule has 4 N–H and O–H groups in total. The van der Waals surface area contributed by atoms with Crippen molar-refractivity contribution in [3.8, 4) is 0 Å². The predicted octanol–water partition coefficient (Wildman–Crippen LogP) is 5.27. The molecule has 212 valence electrons. The Balaban J connectivity index is 1.33. The van der Waals surface area contributed by atoms with Crippen LogP contribution in [0.1, 0.15) is 74.8 Å². The number of carboxylic acid groups (broad SMARTS) is 1. The lowest BCUT2D eigenvalue weighted by Crippen LogP contribution is -2.50. The summed E-state index contributed by atoms with van der Waals surface area (Å²) in [6, 6.07) is 4.61. The largest absolute Gasteiger partial charge is 0.475 e. The Labute approximate surface area is 226 Å². The minimum absolute atomic E-state index is 0.0612. The molecule has 10 heteroatoms. The molecular formula is C29H37F2N3O5. The highest BCUT2D eigenvalue weighted by Gasteiger charge is 2.47. The summed E-state index contributed by atoms with van der Waals surface area (Å²) >= 11 is 0. The average Bonchev–Trinajstić information content (AvgIpc) is 3.58. The van der Waals surface area contributed by atoms with Crippen molar-refractivity contribution in [2.75, 3.05) is 11.9 Å². The molecule has 2 aliphatic carbocycles. The van der Waals surface area contributed by atoms with Crippen LogP contribution < -0.4 is 11.1 Å². The van der Waals surface area contributed by atoms with Crippen LogP contribution in [0.2, 0.25) is 0 Å². The molecule has 39 heavy (non-hydrogen) atoms. The average molecular weight is 546 g/mol. The number of rotatable bonds is 7. The first-order valence-corrected chi connectivity index (χ1v) is 14.1. The van der Waals surface area contributed by atoms with E-state index in [-0.39, 0.29) is 35.3 Å². The molecule has 0 unspecified atom stereocenters. The molecule has 3 aliphatic rings. The van der Waals surface area contributed by atoms with Gasteiger partial charge in [-0.15, -0.1) is 0 Å². The van der Waals surface area contributed by atoms with E-state index in [1.54, 1.807) is 23.1 Å². The number of halogens is 2.